The number of benzene rings is 1. The zero-order valence-electron chi connectivity index (χ0n) is 10.1. The van der Waals surface area contributed by atoms with E-state index in [1.165, 1.54) is 18.9 Å². The van der Waals surface area contributed by atoms with E-state index in [4.69, 9.17) is 10.5 Å². The first-order chi connectivity index (χ1) is 8.27. The summed E-state index contributed by atoms with van der Waals surface area (Å²) in [6.07, 6.45) is 6.59. The molecule has 1 saturated carbocycles. The van der Waals surface area contributed by atoms with Crippen molar-refractivity contribution >= 4 is 0 Å². The van der Waals surface area contributed by atoms with Gasteiger partial charge in [0.1, 0.15) is 6.10 Å². The van der Waals surface area contributed by atoms with Gasteiger partial charge in [0.2, 0.25) is 0 Å². The van der Waals surface area contributed by atoms with Crippen LogP contribution in [0.4, 0.5) is 4.39 Å². The fourth-order valence-electron chi connectivity index (χ4n) is 2.33. The Bertz CT molecular complexity index is 356. The van der Waals surface area contributed by atoms with Gasteiger partial charge in [-0.2, -0.15) is 0 Å². The van der Waals surface area contributed by atoms with Crippen molar-refractivity contribution in [3.05, 3.63) is 30.1 Å². The maximum atomic E-state index is 13.5. The van der Waals surface area contributed by atoms with Gasteiger partial charge in [-0.3, -0.25) is 0 Å². The molecular formula is C14H20FNO. The van der Waals surface area contributed by atoms with Crippen LogP contribution in [-0.2, 0) is 0 Å². The number of para-hydroxylation sites is 1. The molecule has 0 amide bonds. The van der Waals surface area contributed by atoms with E-state index in [-0.39, 0.29) is 18.0 Å². The second kappa shape index (κ2) is 6.01. The molecule has 3 heteroatoms. The van der Waals surface area contributed by atoms with E-state index in [0.717, 1.165) is 25.7 Å². The van der Waals surface area contributed by atoms with Gasteiger partial charge in [0.15, 0.2) is 11.6 Å². The van der Waals surface area contributed by atoms with Crippen molar-refractivity contribution in [2.75, 3.05) is 0 Å². The first-order valence-corrected chi connectivity index (χ1v) is 6.44. The van der Waals surface area contributed by atoms with Gasteiger partial charge in [-0.15, -0.1) is 0 Å². The molecule has 2 N–H and O–H groups in total. The molecule has 0 heterocycles. The maximum absolute atomic E-state index is 13.5. The number of rotatable bonds is 2. The van der Waals surface area contributed by atoms with Crippen LogP contribution in [0.15, 0.2) is 24.3 Å². The number of ether oxygens (including phenoxy) is 1. The topological polar surface area (TPSA) is 35.2 Å². The Kier molecular flexibility index (Phi) is 4.37. The van der Waals surface area contributed by atoms with Crippen LogP contribution < -0.4 is 10.5 Å². The number of hydrogen-bond acceptors (Lipinski definition) is 2. The van der Waals surface area contributed by atoms with Crippen molar-refractivity contribution in [1.29, 1.82) is 0 Å². The summed E-state index contributed by atoms with van der Waals surface area (Å²) in [7, 11) is 0. The Morgan fingerprint density at radius 2 is 1.76 bits per heavy atom. The summed E-state index contributed by atoms with van der Waals surface area (Å²) >= 11 is 0. The first kappa shape index (κ1) is 12.4. The molecule has 1 aliphatic carbocycles. The lowest BCUT2D eigenvalue weighted by Gasteiger charge is -2.27. The van der Waals surface area contributed by atoms with E-state index in [2.05, 4.69) is 0 Å². The summed E-state index contributed by atoms with van der Waals surface area (Å²) in [6, 6.07) is 6.56. The summed E-state index contributed by atoms with van der Waals surface area (Å²) in [5.74, 6) is 0.0234. The Labute approximate surface area is 102 Å². The van der Waals surface area contributed by atoms with Crippen molar-refractivity contribution < 1.29 is 9.13 Å². The zero-order chi connectivity index (χ0) is 12.1. The molecule has 0 spiro atoms. The molecule has 0 aromatic heterocycles. The number of halogens is 1. The minimum Gasteiger partial charge on any atom is -0.486 e. The molecule has 1 aromatic carbocycles. The fraction of sp³-hybridized carbons (Fsp3) is 0.571. The minimum atomic E-state index is -0.304. The highest BCUT2D eigenvalue weighted by molar-refractivity contribution is 5.24. The molecule has 0 saturated heterocycles. The zero-order valence-corrected chi connectivity index (χ0v) is 10.1. The Morgan fingerprint density at radius 1 is 1.06 bits per heavy atom. The predicted octanol–water partition coefficient (Wildman–Crippen LogP) is 3.25. The normalized spacial score (nSPS) is 26.0. The molecule has 1 aliphatic rings. The van der Waals surface area contributed by atoms with Gasteiger partial charge in [0.25, 0.3) is 0 Å². The Balaban J connectivity index is 2.02. The largest absolute Gasteiger partial charge is 0.486 e. The highest BCUT2D eigenvalue weighted by Gasteiger charge is 2.21. The third kappa shape index (κ3) is 3.43. The molecule has 0 radical (unpaired) electrons. The molecule has 2 nitrogen and oxygen atoms in total. The fourth-order valence-corrected chi connectivity index (χ4v) is 2.33. The van der Waals surface area contributed by atoms with E-state index < -0.39 is 0 Å². The van der Waals surface area contributed by atoms with Crippen molar-refractivity contribution in [3.8, 4) is 5.75 Å². The highest BCUT2D eigenvalue weighted by atomic mass is 19.1. The molecule has 94 valence electrons. The average molecular weight is 237 g/mol. The van der Waals surface area contributed by atoms with Crippen LogP contribution >= 0.6 is 0 Å². The number of nitrogens with two attached hydrogens (primary N) is 1. The van der Waals surface area contributed by atoms with Crippen LogP contribution in [0.5, 0.6) is 5.75 Å². The van der Waals surface area contributed by atoms with E-state index in [1.54, 1.807) is 18.2 Å². The molecular weight excluding hydrogens is 217 g/mol. The maximum Gasteiger partial charge on any atom is 0.165 e. The smallest absolute Gasteiger partial charge is 0.165 e. The molecule has 2 rings (SSSR count). The van der Waals surface area contributed by atoms with Crippen molar-refractivity contribution in [1.82, 2.24) is 0 Å². The van der Waals surface area contributed by atoms with Crippen LogP contribution in [0.1, 0.15) is 38.5 Å². The molecule has 17 heavy (non-hydrogen) atoms. The van der Waals surface area contributed by atoms with E-state index >= 15 is 0 Å². The quantitative estimate of drug-likeness (QED) is 0.857. The molecule has 1 aromatic rings. The van der Waals surface area contributed by atoms with Crippen molar-refractivity contribution in [2.24, 2.45) is 5.73 Å². The summed E-state index contributed by atoms with van der Waals surface area (Å²) in [4.78, 5) is 0. The van der Waals surface area contributed by atoms with Crippen LogP contribution in [-0.4, -0.2) is 12.1 Å². The predicted molar refractivity (Wildman–Crippen MR) is 66.5 cm³/mol. The second-order valence-electron chi connectivity index (χ2n) is 4.74. The summed E-state index contributed by atoms with van der Waals surface area (Å²) in [6.45, 7) is 0. The van der Waals surface area contributed by atoms with E-state index in [9.17, 15) is 4.39 Å². The standard InChI is InChI=1S/C14H20FNO/c15-11-7-5-6-9-13(11)17-14-10-4-2-1-3-8-12(14)16/h5-7,9,12,14H,1-4,8,10,16H2/t12-,14+/m0/s1. The third-order valence-electron chi connectivity index (χ3n) is 3.37. The van der Waals surface area contributed by atoms with Gasteiger partial charge in [0, 0.05) is 6.04 Å². The van der Waals surface area contributed by atoms with Crippen molar-refractivity contribution in [2.45, 2.75) is 50.7 Å². The van der Waals surface area contributed by atoms with E-state index in [0.29, 0.717) is 5.75 Å². The first-order valence-electron chi connectivity index (χ1n) is 6.44. The summed E-state index contributed by atoms with van der Waals surface area (Å²) in [5.41, 5.74) is 6.10. The molecule has 0 aliphatic heterocycles. The molecule has 0 bridgehead atoms. The lowest BCUT2D eigenvalue weighted by Crippen LogP contribution is -2.39. The van der Waals surface area contributed by atoms with Crippen molar-refractivity contribution in [3.63, 3.8) is 0 Å². The van der Waals surface area contributed by atoms with Crippen LogP contribution in [0.3, 0.4) is 0 Å². The summed E-state index contributed by atoms with van der Waals surface area (Å²) in [5, 5.41) is 0. The SMILES string of the molecule is N[C@H]1CCCCCC[C@H]1Oc1ccccc1F. The Hall–Kier alpha value is -1.09. The van der Waals surface area contributed by atoms with Gasteiger partial charge in [0.05, 0.1) is 0 Å². The third-order valence-corrected chi connectivity index (χ3v) is 3.37. The van der Waals surface area contributed by atoms with Gasteiger partial charge >= 0.3 is 0 Å². The van der Waals surface area contributed by atoms with Gasteiger partial charge in [-0.1, -0.05) is 31.4 Å². The highest BCUT2D eigenvalue weighted by Crippen LogP contribution is 2.23. The van der Waals surface area contributed by atoms with Crippen LogP contribution in [0.2, 0.25) is 0 Å². The lowest BCUT2D eigenvalue weighted by molar-refractivity contribution is 0.139. The minimum absolute atomic E-state index is 0.0231. The lowest BCUT2D eigenvalue weighted by atomic mass is 9.95. The molecule has 2 atom stereocenters. The average Bonchev–Trinajstić information content (AvgIpc) is 2.31. The number of hydrogen-bond donors (Lipinski definition) is 1. The molecule has 1 fully saturated rings. The van der Waals surface area contributed by atoms with Crippen LogP contribution in [0.25, 0.3) is 0 Å². The monoisotopic (exact) mass is 237 g/mol. The van der Waals surface area contributed by atoms with Crippen LogP contribution in [0, 0.1) is 5.82 Å². The Morgan fingerprint density at radius 3 is 2.53 bits per heavy atom. The summed E-state index contributed by atoms with van der Waals surface area (Å²) < 4.78 is 19.2. The van der Waals surface area contributed by atoms with E-state index in [1.807, 2.05) is 0 Å². The molecule has 0 unspecified atom stereocenters. The van der Waals surface area contributed by atoms with Gasteiger partial charge in [-0.25, -0.2) is 4.39 Å². The van der Waals surface area contributed by atoms with Gasteiger partial charge in [-0.05, 0) is 31.4 Å². The van der Waals surface area contributed by atoms with Gasteiger partial charge < -0.3 is 10.5 Å². The second-order valence-corrected chi connectivity index (χ2v) is 4.74.